The molecular weight excluding hydrogens is 337 g/mol. The molecule has 2 heterocycles. The van der Waals surface area contributed by atoms with Gasteiger partial charge in [-0.05, 0) is 19.9 Å². The van der Waals surface area contributed by atoms with Gasteiger partial charge in [-0.2, -0.15) is 5.10 Å². The third kappa shape index (κ3) is 2.91. The van der Waals surface area contributed by atoms with E-state index in [1.807, 2.05) is 26.0 Å². The SMILES string of the molecule is Cc1nn(CCCl)c(C)c1C(=O)N[C@@H]1COc2c(Cl)cccc21. The van der Waals surface area contributed by atoms with Crippen LogP contribution in [0.25, 0.3) is 0 Å². The fourth-order valence-electron chi connectivity index (χ4n) is 2.88. The van der Waals surface area contributed by atoms with Crippen molar-refractivity contribution < 1.29 is 9.53 Å². The first kappa shape index (κ1) is 16.1. The van der Waals surface area contributed by atoms with Gasteiger partial charge in [-0.3, -0.25) is 9.48 Å². The Labute approximate surface area is 144 Å². The van der Waals surface area contributed by atoms with Crippen LogP contribution in [0.1, 0.15) is 33.4 Å². The van der Waals surface area contributed by atoms with Gasteiger partial charge in [0.05, 0.1) is 28.9 Å². The molecule has 0 saturated heterocycles. The summed E-state index contributed by atoms with van der Waals surface area (Å²) in [6, 6.07) is 5.32. The van der Waals surface area contributed by atoms with E-state index in [-0.39, 0.29) is 11.9 Å². The zero-order valence-corrected chi connectivity index (χ0v) is 14.4. The average Bonchev–Trinajstić information content (AvgIpc) is 3.03. The second kappa shape index (κ2) is 6.42. The molecule has 0 bridgehead atoms. The maximum atomic E-state index is 12.7. The van der Waals surface area contributed by atoms with E-state index in [2.05, 4.69) is 10.4 Å². The number of alkyl halides is 1. The Hall–Kier alpha value is -1.72. The van der Waals surface area contributed by atoms with E-state index in [1.54, 1.807) is 10.7 Å². The Morgan fingerprint density at radius 3 is 3.00 bits per heavy atom. The molecule has 0 saturated carbocycles. The van der Waals surface area contributed by atoms with Crippen LogP contribution in [0.2, 0.25) is 5.02 Å². The molecule has 0 unspecified atom stereocenters. The molecular formula is C16H17Cl2N3O2. The van der Waals surface area contributed by atoms with Crippen LogP contribution in [-0.4, -0.2) is 28.2 Å². The van der Waals surface area contributed by atoms with Gasteiger partial charge in [0.25, 0.3) is 5.91 Å². The normalized spacial score (nSPS) is 16.1. The van der Waals surface area contributed by atoms with E-state index < -0.39 is 0 Å². The molecule has 5 nitrogen and oxygen atoms in total. The molecule has 122 valence electrons. The minimum absolute atomic E-state index is 0.165. The third-order valence-corrected chi connectivity index (χ3v) is 4.44. The summed E-state index contributed by atoms with van der Waals surface area (Å²) in [5.74, 6) is 0.929. The lowest BCUT2D eigenvalue weighted by molar-refractivity contribution is 0.0929. The minimum atomic E-state index is -0.216. The molecule has 1 amide bonds. The maximum absolute atomic E-state index is 12.7. The van der Waals surface area contributed by atoms with Gasteiger partial charge in [0.1, 0.15) is 12.4 Å². The Kier molecular flexibility index (Phi) is 4.50. The van der Waals surface area contributed by atoms with Gasteiger partial charge >= 0.3 is 0 Å². The molecule has 23 heavy (non-hydrogen) atoms. The second-order valence-electron chi connectivity index (χ2n) is 5.45. The van der Waals surface area contributed by atoms with Crippen molar-refractivity contribution in [2.45, 2.75) is 26.4 Å². The van der Waals surface area contributed by atoms with Gasteiger partial charge in [0.15, 0.2) is 0 Å². The quantitative estimate of drug-likeness (QED) is 0.858. The number of benzene rings is 1. The monoisotopic (exact) mass is 353 g/mol. The lowest BCUT2D eigenvalue weighted by Crippen LogP contribution is -2.30. The summed E-state index contributed by atoms with van der Waals surface area (Å²) in [5, 5.41) is 7.94. The summed E-state index contributed by atoms with van der Waals surface area (Å²) >= 11 is 11.9. The molecule has 1 aromatic heterocycles. The number of aromatic nitrogens is 2. The molecule has 1 aromatic carbocycles. The number of amides is 1. The zero-order chi connectivity index (χ0) is 16.6. The van der Waals surface area contributed by atoms with Crippen molar-refractivity contribution in [1.82, 2.24) is 15.1 Å². The summed E-state index contributed by atoms with van der Waals surface area (Å²) in [4.78, 5) is 12.7. The number of hydrogen-bond acceptors (Lipinski definition) is 3. The third-order valence-electron chi connectivity index (χ3n) is 3.98. The van der Waals surface area contributed by atoms with Crippen LogP contribution < -0.4 is 10.1 Å². The highest BCUT2D eigenvalue weighted by molar-refractivity contribution is 6.32. The van der Waals surface area contributed by atoms with E-state index in [0.29, 0.717) is 41.1 Å². The van der Waals surface area contributed by atoms with Crippen LogP contribution >= 0.6 is 23.2 Å². The molecule has 0 radical (unpaired) electrons. The Morgan fingerprint density at radius 1 is 1.48 bits per heavy atom. The highest BCUT2D eigenvalue weighted by Crippen LogP contribution is 2.38. The molecule has 0 fully saturated rings. The zero-order valence-electron chi connectivity index (χ0n) is 12.9. The largest absolute Gasteiger partial charge is 0.489 e. The van der Waals surface area contributed by atoms with Gasteiger partial charge < -0.3 is 10.1 Å². The number of carbonyl (C=O) groups is 1. The Balaban J connectivity index is 1.83. The fourth-order valence-corrected chi connectivity index (χ4v) is 3.28. The van der Waals surface area contributed by atoms with Crippen LogP contribution in [-0.2, 0) is 6.54 Å². The maximum Gasteiger partial charge on any atom is 0.255 e. The summed E-state index contributed by atoms with van der Waals surface area (Å²) in [6.45, 7) is 4.64. The minimum Gasteiger partial charge on any atom is -0.489 e. The summed E-state index contributed by atoms with van der Waals surface area (Å²) < 4.78 is 7.36. The molecule has 1 atom stereocenters. The highest BCUT2D eigenvalue weighted by Gasteiger charge is 2.29. The number of para-hydroxylation sites is 1. The first-order valence-electron chi connectivity index (χ1n) is 7.35. The van der Waals surface area contributed by atoms with Crippen molar-refractivity contribution in [2.75, 3.05) is 12.5 Å². The van der Waals surface area contributed by atoms with Gasteiger partial charge in [-0.1, -0.05) is 23.7 Å². The van der Waals surface area contributed by atoms with Gasteiger partial charge in [0.2, 0.25) is 0 Å². The predicted molar refractivity (Wildman–Crippen MR) is 89.6 cm³/mol. The standard InChI is InChI=1S/C16H17Cl2N3O2/c1-9-14(10(2)21(20-9)7-6-17)16(22)19-13-8-23-15-11(13)4-3-5-12(15)18/h3-5,13H,6-8H2,1-2H3,(H,19,22)/t13-/m1/s1. The van der Waals surface area contributed by atoms with Crippen LogP contribution in [0, 0.1) is 13.8 Å². The van der Waals surface area contributed by atoms with Crippen molar-refractivity contribution in [3.8, 4) is 5.75 Å². The van der Waals surface area contributed by atoms with Gasteiger partial charge in [-0.25, -0.2) is 0 Å². The van der Waals surface area contributed by atoms with Crippen LogP contribution in [0.3, 0.4) is 0 Å². The fraction of sp³-hybridized carbons (Fsp3) is 0.375. The predicted octanol–water partition coefficient (Wildman–Crippen LogP) is 3.26. The molecule has 1 aliphatic heterocycles. The number of hydrogen-bond donors (Lipinski definition) is 1. The number of halogens is 2. The van der Waals surface area contributed by atoms with Crippen molar-refractivity contribution in [3.05, 3.63) is 45.7 Å². The van der Waals surface area contributed by atoms with E-state index in [9.17, 15) is 4.79 Å². The van der Waals surface area contributed by atoms with Crippen molar-refractivity contribution >= 4 is 29.1 Å². The molecule has 0 aliphatic carbocycles. The van der Waals surface area contributed by atoms with Gasteiger partial charge in [-0.15, -0.1) is 11.6 Å². The van der Waals surface area contributed by atoms with Crippen molar-refractivity contribution in [1.29, 1.82) is 0 Å². The number of rotatable bonds is 4. The number of aryl methyl sites for hydroxylation is 2. The molecule has 1 N–H and O–H groups in total. The molecule has 1 aliphatic rings. The summed E-state index contributed by atoms with van der Waals surface area (Å²) in [5.41, 5.74) is 2.99. The second-order valence-corrected chi connectivity index (χ2v) is 6.24. The van der Waals surface area contributed by atoms with Crippen LogP contribution in [0.5, 0.6) is 5.75 Å². The van der Waals surface area contributed by atoms with E-state index >= 15 is 0 Å². The molecule has 2 aromatic rings. The lowest BCUT2D eigenvalue weighted by atomic mass is 10.1. The van der Waals surface area contributed by atoms with Crippen LogP contribution in [0.15, 0.2) is 18.2 Å². The van der Waals surface area contributed by atoms with E-state index in [4.69, 9.17) is 27.9 Å². The number of ether oxygens (including phenoxy) is 1. The van der Waals surface area contributed by atoms with Crippen molar-refractivity contribution in [2.24, 2.45) is 0 Å². The summed E-state index contributed by atoms with van der Waals surface area (Å²) in [6.07, 6.45) is 0. The van der Waals surface area contributed by atoms with Gasteiger partial charge in [0, 0.05) is 17.1 Å². The number of fused-ring (bicyclic) bond motifs is 1. The smallest absolute Gasteiger partial charge is 0.255 e. The summed E-state index contributed by atoms with van der Waals surface area (Å²) in [7, 11) is 0. The lowest BCUT2D eigenvalue weighted by Gasteiger charge is -2.12. The Bertz CT molecular complexity index is 758. The number of carbonyl (C=O) groups excluding carboxylic acids is 1. The van der Waals surface area contributed by atoms with E-state index in [1.165, 1.54) is 0 Å². The number of nitrogens with zero attached hydrogens (tertiary/aromatic N) is 2. The van der Waals surface area contributed by atoms with E-state index in [0.717, 1.165) is 11.3 Å². The first-order valence-corrected chi connectivity index (χ1v) is 8.26. The topological polar surface area (TPSA) is 56.2 Å². The van der Waals surface area contributed by atoms with Crippen molar-refractivity contribution in [3.63, 3.8) is 0 Å². The molecule has 3 rings (SSSR count). The highest BCUT2D eigenvalue weighted by atomic mass is 35.5. The van der Waals surface area contributed by atoms with Crippen LogP contribution in [0.4, 0.5) is 0 Å². The molecule has 7 heteroatoms. The molecule has 0 spiro atoms. The average molecular weight is 354 g/mol. The first-order chi connectivity index (χ1) is 11.0. The Morgan fingerprint density at radius 2 is 2.26 bits per heavy atom. The number of nitrogens with one attached hydrogen (secondary N) is 1.